The minimum atomic E-state index is -0.417. The summed E-state index contributed by atoms with van der Waals surface area (Å²) in [6.45, 7) is 3.52. The van der Waals surface area contributed by atoms with Gasteiger partial charge < -0.3 is 14.0 Å². The van der Waals surface area contributed by atoms with Gasteiger partial charge in [0.2, 0.25) is 0 Å². The number of ether oxygens (including phenoxy) is 2. The lowest BCUT2D eigenvalue weighted by atomic mass is 10.0. The topological polar surface area (TPSA) is 36.3 Å². The van der Waals surface area contributed by atoms with Crippen LogP contribution in [0.1, 0.15) is 25.6 Å². The van der Waals surface area contributed by atoms with Crippen molar-refractivity contribution in [1.82, 2.24) is 9.55 Å². The molecule has 0 aliphatic carbocycles. The van der Waals surface area contributed by atoms with Gasteiger partial charge in [0.05, 0.1) is 36.2 Å². The third kappa shape index (κ3) is 2.60. The number of hydrogen-bond donors (Lipinski definition) is 0. The minimum Gasteiger partial charge on any atom is -0.494 e. The predicted octanol–water partition coefficient (Wildman–Crippen LogP) is 3.49. The number of aromatic nitrogens is 2. The number of imidazole rings is 1. The Labute approximate surface area is 127 Å². The van der Waals surface area contributed by atoms with E-state index in [1.165, 1.54) is 13.2 Å². The van der Waals surface area contributed by atoms with Gasteiger partial charge >= 0.3 is 0 Å². The molecule has 0 radical (unpaired) electrons. The van der Waals surface area contributed by atoms with Crippen LogP contribution in [0.2, 0.25) is 0 Å². The van der Waals surface area contributed by atoms with E-state index in [2.05, 4.69) is 11.9 Å². The van der Waals surface area contributed by atoms with Gasteiger partial charge in [0.25, 0.3) is 0 Å². The highest BCUT2D eigenvalue weighted by molar-refractivity contribution is 6.16. The second kappa shape index (κ2) is 5.46. The van der Waals surface area contributed by atoms with Gasteiger partial charge in [-0.3, -0.25) is 0 Å². The summed E-state index contributed by atoms with van der Waals surface area (Å²) in [5, 5.41) is 0. The maximum Gasteiger partial charge on any atom is 0.167 e. The molecule has 1 unspecified atom stereocenters. The lowest BCUT2D eigenvalue weighted by molar-refractivity contribution is 0.00660. The summed E-state index contributed by atoms with van der Waals surface area (Å²) >= 11 is 6.00. The highest BCUT2D eigenvalue weighted by Crippen LogP contribution is 2.31. The molecule has 6 heteroatoms. The van der Waals surface area contributed by atoms with Crippen LogP contribution < -0.4 is 4.74 Å². The highest BCUT2D eigenvalue weighted by Gasteiger charge is 2.31. The second-order valence-corrected chi connectivity index (χ2v) is 5.89. The van der Waals surface area contributed by atoms with Crippen LogP contribution >= 0.6 is 11.6 Å². The molecule has 1 aliphatic rings. The lowest BCUT2D eigenvalue weighted by Gasteiger charge is -2.25. The molecule has 1 saturated heterocycles. The molecule has 0 saturated carbocycles. The van der Waals surface area contributed by atoms with Crippen molar-refractivity contribution in [3.8, 4) is 5.75 Å². The fourth-order valence-corrected chi connectivity index (χ4v) is 3.11. The monoisotopic (exact) mass is 312 g/mol. The Morgan fingerprint density at radius 1 is 1.52 bits per heavy atom. The summed E-state index contributed by atoms with van der Waals surface area (Å²) in [4.78, 5) is 4.42. The third-order valence-corrected chi connectivity index (χ3v) is 4.25. The Bertz CT molecular complexity index is 665. The first kappa shape index (κ1) is 14.6. The zero-order chi connectivity index (χ0) is 15.0. The van der Waals surface area contributed by atoms with E-state index in [9.17, 15) is 4.39 Å². The average Bonchev–Trinajstić information content (AvgIpc) is 3.03. The van der Waals surface area contributed by atoms with Gasteiger partial charge in [0.1, 0.15) is 5.82 Å². The molecular weight excluding hydrogens is 295 g/mol. The molecule has 0 N–H and O–H groups in total. The molecule has 3 rings (SSSR count). The molecule has 4 nitrogen and oxygen atoms in total. The molecule has 1 atom stereocenters. The molecular formula is C15H18ClFN2O2. The number of fused-ring (bicyclic) bond motifs is 1. The van der Waals surface area contributed by atoms with Gasteiger partial charge in [-0.2, -0.15) is 0 Å². The summed E-state index contributed by atoms with van der Waals surface area (Å²) in [5.74, 6) is 0.784. The number of hydrogen-bond acceptors (Lipinski definition) is 3. The van der Waals surface area contributed by atoms with Crippen LogP contribution in [0, 0.1) is 5.82 Å². The highest BCUT2D eigenvalue weighted by atomic mass is 35.5. The van der Waals surface area contributed by atoms with Gasteiger partial charge in [-0.05, 0) is 19.8 Å². The standard InChI is InChI=1S/C15H18ClFN2O2/c1-15(4-3-5-21-15)9-19-12-7-13(20-2)10(17)6-11(12)18-14(19)8-16/h6-7H,3-5,8-9H2,1-2H3. The van der Waals surface area contributed by atoms with Gasteiger partial charge in [-0.15, -0.1) is 11.6 Å². The van der Waals surface area contributed by atoms with Gasteiger partial charge in [-0.25, -0.2) is 9.37 Å². The number of rotatable bonds is 4. The summed E-state index contributed by atoms with van der Waals surface area (Å²) in [6.07, 6.45) is 2.05. The molecule has 2 aromatic rings. The van der Waals surface area contributed by atoms with Crippen molar-refractivity contribution in [2.24, 2.45) is 0 Å². The van der Waals surface area contributed by atoms with Gasteiger partial charge in [0.15, 0.2) is 11.6 Å². The maximum atomic E-state index is 13.8. The lowest BCUT2D eigenvalue weighted by Crippen LogP contribution is -2.30. The smallest absolute Gasteiger partial charge is 0.167 e. The van der Waals surface area contributed by atoms with Gasteiger partial charge in [-0.1, -0.05) is 0 Å². The first-order valence-electron chi connectivity index (χ1n) is 6.99. The fraction of sp³-hybridized carbons (Fsp3) is 0.533. The van der Waals surface area contributed by atoms with Crippen molar-refractivity contribution in [2.75, 3.05) is 13.7 Å². The van der Waals surface area contributed by atoms with E-state index in [1.807, 2.05) is 4.57 Å². The zero-order valence-electron chi connectivity index (χ0n) is 12.2. The first-order valence-corrected chi connectivity index (χ1v) is 7.52. The van der Waals surface area contributed by atoms with Crippen LogP contribution in [-0.4, -0.2) is 28.9 Å². The number of alkyl halides is 1. The quantitative estimate of drug-likeness (QED) is 0.811. The van der Waals surface area contributed by atoms with Crippen LogP contribution in [-0.2, 0) is 17.2 Å². The van der Waals surface area contributed by atoms with E-state index < -0.39 is 5.82 Å². The van der Waals surface area contributed by atoms with Crippen LogP contribution in [0.3, 0.4) is 0 Å². The van der Waals surface area contributed by atoms with Crippen LogP contribution in [0.15, 0.2) is 12.1 Å². The Kier molecular flexibility index (Phi) is 3.80. The zero-order valence-corrected chi connectivity index (χ0v) is 12.9. The van der Waals surface area contributed by atoms with Gasteiger partial charge in [0, 0.05) is 18.7 Å². The largest absolute Gasteiger partial charge is 0.494 e. The predicted molar refractivity (Wildman–Crippen MR) is 79.4 cm³/mol. The van der Waals surface area contributed by atoms with Crippen LogP contribution in [0.25, 0.3) is 11.0 Å². The molecule has 21 heavy (non-hydrogen) atoms. The normalized spacial score (nSPS) is 22.1. The third-order valence-electron chi connectivity index (χ3n) is 4.01. The molecule has 0 spiro atoms. The molecule has 1 aromatic heterocycles. The molecule has 1 fully saturated rings. The summed E-state index contributed by atoms with van der Waals surface area (Å²) < 4.78 is 26.7. The van der Waals surface area contributed by atoms with E-state index in [0.717, 1.165) is 30.8 Å². The molecule has 0 amide bonds. The molecule has 2 heterocycles. The Hall–Kier alpha value is -1.33. The van der Waals surface area contributed by atoms with E-state index in [-0.39, 0.29) is 17.2 Å². The summed E-state index contributed by atoms with van der Waals surface area (Å²) in [7, 11) is 1.45. The van der Waals surface area contributed by atoms with Crippen LogP contribution in [0.5, 0.6) is 5.75 Å². The second-order valence-electron chi connectivity index (χ2n) is 5.63. The van der Waals surface area contributed by atoms with E-state index in [0.29, 0.717) is 12.1 Å². The number of benzene rings is 1. The van der Waals surface area contributed by atoms with Crippen LogP contribution in [0.4, 0.5) is 4.39 Å². The van der Waals surface area contributed by atoms with Crippen molar-refractivity contribution < 1.29 is 13.9 Å². The maximum absolute atomic E-state index is 13.8. The van der Waals surface area contributed by atoms with Crippen molar-refractivity contribution >= 4 is 22.6 Å². The summed E-state index contributed by atoms with van der Waals surface area (Å²) in [6, 6.07) is 3.06. The van der Waals surface area contributed by atoms with E-state index in [1.54, 1.807) is 6.07 Å². The van der Waals surface area contributed by atoms with E-state index >= 15 is 0 Å². The van der Waals surface area contributed by atoms with Crippen molar-refractivity contribution in [3.05, 3.63) is 23.8 Å². The molecule has 0 bridgehead atoms. The average molecular weight is 313 g/mol. The van der Waals surface area contributed by atoms with Crippen molar-refractivity contribution in [3.63, 3.8) is 0 Å². The fourth-order valence-electron chi connectivity index (χ4n) is 2.91. The molecule has 1 aliphatic heterocycles. The van der Waals surface area contributed by atoms with Crippen molar-refractivity contribution in [2.45, 2.75) is 37.8 Å². The Balaban J connectivity index is 2.10. The number of halogens is 2. The Morgan fingerprint density at radius 3 is 2.95 bits per heavy atom. The SMILES string of the molecule is COc1cc2c(cc1F)nc(CCl)n2CC1(C)CCCO1. The number of methoxy groups -OCH3 is 1. The molecule has 1 aromatic carbocycles. The van der Waals surface area contributed by atoms with E-state index in [4.69, 9.17) is 21.1 Å². The number of nitrogens with zero attached hydrogens (tertiary/aromatic N) is 2. The molecule has 114 valence electrons. The summed E-state index contributed by atoms with van der Waals surface area (Å²) in [5.41, 5.74) is 1.18. The minimum absolute atomic E-state index is 0.210. The van der Waals surface area contributed by atoms with Crippen molar-refractivity contribution in [1.29, 1.82) is 0 Å². The Morgan fingerprint density at radius 2 is 2.33 bits per heavy atom. The first-order chi connectivity index (χ1) is 10.1.